The van der Waals surface area contributed by atoms with Gasteiger partial charge in [-0.2, -0.15) is 4.98 Å². The Morgan fingerprint density at radius 3 is 2.80 bits per heavy atom. The van der Waals surface area contributed by atoms with Gasteiger partial charge in [0.1, 0.15) is 19.0 Å². The second-order valence-electron chi connectivity index (χ2n) is 4.02. The Hall–Kier alpha value is -2.06. The van der Waals surface area contributed by atoms with Crippen LogP contribution in [0.25, 0.3) is 0 Å². The molecule has 2 heterocycles. The molecule has 0 saturated heterocycles. The first-order chi connectivity index (χ1) is 9.76. The molecule has 2 aromatic rings. The van der Waals surface area contributed by atoms with Crippen molar-refractivity contribution in [1.29, 1.82) is 0 Å². The summed E-state index contributed by atoms with van der Waals surface area (Å²) in [6.45, 7) is 1.12. The summed E-state index contributed by atoms with van der Waals surface area (Å²) in [4.78, 5) is 8.21. The Morgan fingerprint density at radius 2 is 2.00 bits per heavy atom. The molecule has 0 spiro atoms. The van der Waals surface area contributed by atoms with Crippen molar-refractivity contribution in [2.45, 2.75) is 0 Å². The van der Waals surface area contributed by atoms with Crippen LogP contribution in [0.15, 0.2) is 28.9 Å². The number of ether oxygens (including phenoxy) is 2. The number of halogens is 1. The summed E-state index contributed by atoms with van der Waals surface area (Å²) in [5.41, 5.74) is 3.23. The van der Waals surface area contributed by atoms with Crippen molar-refractivity contribution in [3.05, 3.63) is 28.9 Å². The molecule has 0 aliphatic carbocycles. The summed E-state index contributed by atoms with van der Waals surface area (Å²) in [6, 6.07) is 5.60. The molecule has 104 valence electrons. The third kappa shape index (κ3) is 2.61. The number of nitrogens with two attached hydrogens (primary N) is 1. The van der Waals surface area contributed by atoms with Crippen LogP contribution in [0.1, 0.15) is 0 Å². The smallest absolute Gasteiger partial charge is 0.239 e. The summed E-state index contributed by atoms with van der Waals surface area (Å²) in [5, 5.41) is 3.17. The van der Waals surface area contributed by atoms with Crippen LogP contribution in [0.2, 0.25) is 0 Å². The van der Waals surface area contributed by atoms with Gasteiger partial charge in [-0.3, -0.25) is 5.43 Å². The van der Waals surface area contributed by atoms with Gasteiger partial charge in [0.25, 0.3) is 0 Å². The SMILES string of the molecule is NNc1ncc(Br)c(Nc2ccc3c(c2)OCCO3)n1. The fourth-order valence-electron chi connectivity index (χ4n) is 1.78. The third-order valence-electron chi connectivity index (χ3n) is 2.68. The summed E-state index contributed by atoms with van der Waals surface area (Å²) in [7, 11) is 0. The Kier molecular flexibility index (Phi) is 3.57. The van der Waals surface area contributed by atoms with Crippen LogP contribution in [-0.2, 0) is 0 Å². The molecule has 0 bridgehead atoms. The lowest BCUT2D eigenvalue weighted by Gasteiger charge is -2.19. The zero-order chi connectivity index (χ0) is 13.9. The molecule has 1 aromatic heterocycles. The lowest BCUT2D eigenvalue weighted by atomic mass is 10.2. The topological polar surface area (TPSA) is 94.3 Å². The molecule has 7 nitrogen and oxygen atoms in total. The van der Waals surface area contributed by atoms with Gasteiger partial charge in [-0.1, -0.05) is 0 Å². The van der Waals surface area contributed by atoms with Gasteiger partial charge in [0, 0.05) is 18.0 Å². The van der Waals surface area contributed by atoms with E-state index in [4.69, 9.17) is 15.3 Å². The third-order valence-corrected chi connectivity index (χ3v) is 3.26. The van der Waals surface area contributed by atoms with Crippen molar-refractivity contribution in [3.8, 4) is 11.5 Å². The van der Waals surface area contributed by atoms with Crippen molar-refractivity contribution in [1.82, 2.24) is 9.97 Å². The highest BCUT2D eigenvalue weighted by molar-refractivity contribution is 9.10. The summed E-state index contributed by atoms with van der Waals surface area (Å²) in [6.07, 6.45) is 1.61. The standard InChI is InChI=1S/C12H12BrN5O2/c13-8-6-15-12(18-14)17-11(8)16-7-1-2-9-10(5-7)20-4-3-19-9/h1-2,5-6H,3-4,14H2,(H2,15,16,17,18). The first kappa shape index (κ1) is 12.9. The number of hydrazine groups is 1. The van der Waals surface area contributed by atoms with Crippen molar-refractivity contribution in [2.24, 2.45) is 5.84 Å². The second kappa shape index (κ2) is 5.51. The van der Waals surface area contributed by atoms with Gasteiger partial charge in [0.05, 0.1) is 4.47 Å². The van der Waals surface area contributed by atoms with Crippen LogP contribution in [0, 0.1) is 0 Å². The normalized spacial score (nSPS) is 12.9. The molecule has 3 rings (SSSR count). The first-order valence-electron chi connectivity index (χ1n) is 5.92. The van der Waals surface area contributed by atoms with Crippen molar-refractivity contribution < 1.29 is 9.47 Å². The van der Waals surface area contributed by atoms with E-state index in [1.54, 1.807) is 6.20 Å². The highest BCUT2D eigenvalue weighted by atomic mass is 79.9. The van der Waals surface area contributed by atoms with Crippen LogP contribution < -0.4 is 26.1 Å². The molecule has 0 fully saturated rings. The fraction of sp³-hybridized carbons (Fsp3) is 0.167. The fourth-order valence-corrected chi connectivity index (χ4v) is 2.07. The maximum absolute atomic E-state index is 5.54. The number of nitrogens with one attached hydrogen (secondary N) is 2. The largest absolute Gasteiger partial charge is 0.486 e. The molecule has 0 amide bonds. The highest BCUT2D eigenvalue weighted by Crippen LogP contribution is 2.34. The number of hydrogen-bond acceptors (Lipinski definition) is 7. The number of aromatic nitrogens is 2. The van der Waals surface area contributed by atoms with Gasteiger partial charge < -0.3 is 14.8 Å². The average molecular weight is 338 g/mol. The number of rotatable bonds is 3. The van der Waals surface area contributed by atoms with Crippen LogP contribution in [-0.4, -0.2) is 23.2 Å². The Bertz CT molecular complexity index is 637. The minimum absolute atomic E-state index is 0.327. The Labute approximate surface area is 123 Å². The zero-order valence-electron chi connectivity index (χ0n) is 10.4. The van der Waals surface area contributed by atoms with Gasteiger partial charge >= 0.3 is 0 Å². The number of nitrogen functional groups attached to an aromatic ring is 1. The minimum atomic E-state index is 0.327. The number of fused-ring (bicyclic) bond motifs is 1. The summed E-state index contributed by atoms with van der Waals surface area (Å²) < 4.78 is 11.7. The lowest BCUT2D eigenvalue weighted by molar-refractivity contribution is 0.171. The van der Waals surface area contributed by atoms with Crippen LogP contribution in [0.3, 0.4) is 0 Å². The maximum Gasteiger partial charge on any atom is 0.239 e. The number of nitrogens with zero attached hydrogens (tertiary/aromatic N) is 2. The van der Waals surface area contributed by atoms with E-state index in [-0.39, 0.29) is 0 Å². The molecular weight excluding hydrogens is 326 g/mol. The van der Waals surface area contributed by atoms with E-state index in [2.05, 4.69) is 36.6 Å². The van der Waals surface area contributed by atoms with E-state index in [0.29, 0.717) is 30.7 Å². The number of benzene rings is 1. The maximum atomic E-state index is 5.54. The monoisotopic (exact) mass is 337 g/mol. The van der Waals surface area contributed by atoms with Gasteiger partial charge in [0.15, 0.2) is 11.5 Å². The summed E-state index contributed by atoms with van der Waals surface area (Å²) in [5.74, 6) is 7.68. The number of anilines is 3. The number of hydrogen-bond donors (Lipinski definition) is 3. The van der Waals surface area contributed by atoms with Gasteiger partial charge in [-0.15, -0.1) is 0 Å². The van der Waals surface area contributed by atoms with Crippen LogP contribution in [0.4, 0.5) is 17.5 Å². The molecular formula is C12H12BrN5O2. The molecule has 4 N–H and O–H groups in total. The summed E-state index contributed by atoms with van der Waals surface area (Å²) >= 11 is 3.38. The minimum Gasteiger partial charge on any atom is -0.486 e. The molecule has 20 heavy (non-hydrogen) atoms. The average Bonchev–Trinajstić information content (AvgIpc) is 2.49. The van der Waals surface area contributed by atoms with Gasteiger partial charge in [-0.25, -0.2) is 10.8 Å². The Balaban J connectivity index is 1.87. The van der Waals surface area contributed by atoms with Gasteiger partial charge in [0.2, 0.25) is 5.95 Å². The second-order valence-corrected chi connectivity index (χ2v) is 4.87. The predicted molar refractivity (Wildman–Crippen MR) is 78.3 cm³/mol. The molecule has 0 atom stereocenters. The van der Waals surface area contributed by atoms with E-state index in [0.717, 1.165) is 15.9 Å². The molecule has 1 aliphatic heterocycles. The van der Waals surface area contributed by atoms with Crippen LogP contribution in [0.5, 0.6) is 11.5 Å². The molecule has 0 unspecified atom stereocenters. The van der Waals surface area contributed by atoms with Crippen molar-refractivity contribution in [2.75, 3.05) is 24.0 Å². The molecule has 0 saturated carbocycles. The molecule has 0 radical (unpaired) electrons. The Morgan fingerprint density at radius 1 is 1.20 bits per heavy atom. The highest BCUT2D eigenvalue weighted by Gasteiger charge is 2.12. The molecule has 8 heteroatoms. The van der Waals surface area contributed by atoms with Crippen molar-refractivity contribution >= 4 is 33.4 Å². The van der Waals surface area contributed by atoms with Crippen LogP contribution >= 0.6 is 15.9 Å². The van der Waals surface area contributed by atoms with E-state index in [9.17, 15) is 0 Å². The van der Waals surface area contributed by atoms with E-state index in [1.807, 2.05) is 18.2 Å². The predicted octanol–water partition coefficient (Wildman–Crippen LogP) is 2.04. The zero-order valence-corrected chi connectivity index (χ0v) is 12.0. The quantitative estimate of drug-likeness (QED) is 0.582. The molecule has 1 aromatic carbocycles. The van der Waals surface area contributed by atoms with Crippen molar-refractivity contribution in [3.63, 3.8) is 0 Å². The first-order valence-corrected chi connectivity index (χ1v) is 6.71. The van der Waals surface area contributed by atoms with E-state index in [1.165, 1.54) is 0 Å². The molecule has 1 aliphatic rings. The van der Waals surface area contributed by atoms with E-state index < -0.39 is 0 Å². The van der Waals surface area contributed by atoms with Gasteiger partial charge in [-0.05, 0) is 28.1 Å². The van der Waals surface area contributed by atoms with E-state index >= 15 is 0 Å². The lowest BCUT2D eigenvalue weighted by Crippen LogP contribution is -2.15.